The van der Waals surface area contributed by atoms with Crippen LogP contribution in [0.3, 0.4) is 0 Å². The van der Waals surface area contributed by atoms with E-state index in [0.29, 0.717) is 5.92 Å². The first kappa shape index (κ1) is 15.0. The monoisotopic (exact) mass is 250 g/mol. The summed E-state index contributed by atoms with van der Waals surface area (Å²) in [6, 6.07) is 2.35. The first-order chi connectivity index (χ1) is 8.53. The standard InChI is InChI=1S/C15H26N2O/c1-4-5-6-13(3)14(18)17-15(11-16)9-7-12(2)8-10-15/h12-13H,4-10H2,1-3H3,(H,17,18). The average molecular weight is 250 g/mol. The summed E-state index contributed by atoms with van der Waals surface area (Å²) in [4.78, 5) is 12.1. The second-order valence-electron chi connectivity index (χ2n) is 5.91. The van der Waals surface area contributed by atoms with Crippen LogP contribution in [-0.4, -0.2) is 11.4 Å². The molecule has 3 nitrogen and oxygen atoms in total. The van der Waals surface area contributed by atoms with Gasteiger partial charge in [0, 0.05) is 5.92 Å². The van der Waals surface area contributed by atoms with Crippen molar-refractivity contribution in [3.8, 4) is 6.07 Å². The molecule has 1 aliphatic rings. The van der Waals surface area contributed by atoms with Crippen molar-refractivity contribution in [2.75, 3.05) is 0 Å². The first-order valence-corrected chi connectivity index (χ1v) is 7.26. The highest BCUT2D eigenvalue weighted by molar-refractivity contribution is 5.79. The number of nitrogens with zero attached hydrogens (tertiary/aromatic N) is 1. The zero-order chi connectivity index (χ0) is 13.6. The third kappa shape index (κ3) is 4.01. The highest BCUT2D eigenvalue weighted by atomic mass is 16.2. The fourth-order valence-electron chi connectivity index (χ4n) is 2.52. The molecule has 1 N–H and O–H groups in total. The maximum Gasteiger partial charge on any atom is 0.224 e. The van der Waals surface area contributed by atoms with Crippen LogP contribution in [0.25, 0.3) is 0 Å². The van der Waals surface area contributed by atoms with Gasteiger partial charge in [0.05, 0.1) is 6.07 Å². The van der Waals surface area contributed by atoms with Gasteiger partial charge in [-0.2, -0.15) is 5.26 Å². The minimum atomic E-state index is -0.593. The summed E-state index contributed by atoms with van der Waals surface area (Å²) in [5.74, 6) is 0.759. The molecule has 0 heterocycles. The highest BCUT2D eigenvalue weighted by Gasteiger charge is 2.36. The first-order valence-electron chi connectivity index (χ1n) is 7.26. The molecule has 0 radical (unpaired) electrons. The number of hydrogen-bond acceptors (Lipinski definition) is 2. The molecule has 0 aromatic carbocycles. The van der Waals surface area contributed by atoms with Gasteiger partial charge in [-0.1, -0.05) is 33.6 Å². The number of nitrogens with one attached hydrogen (secondary N) is 1. The molecule has 1 amide bonds. The molecule has 0 aromatic rings. The molecule has 102 valence electrons. The Kier molecular flexibility index (Phi) is 5.65. The maximum absolute atomic E-state index is 12.1. The lowest BCUT2D eigenvalue weighted by atomic mass is 9.77. The third-order valence-electron chi connectivity index (χ3n) is 4.14. The van der Waals surface area contributed by atoms with Crippen LogP contribution in [0.15, 0.2) is 0 Å². The van der Waals surface area contributed by atoms with Crippen molar-refractivity contribution < 1.29 is 4.79 Å². The van der Waals surface area contributed by atoms with Gasteiger partial charge in [-0.3, -0.25) is 4.79 Å². The molecule has 3 heteroatoms. The molecule has 0 saturated heterocycles. The van der Waals surface area contributed by atoms with E-state index in [1.54, 1.807) is 0 Å². The van der Waals surface area contributed by atoms with Crippen LogP contribution in [0.2, 0.25) is 0 Å². The molecule has 1 unspecified atom stereocenters. The van der Waals surface area contributed by atoms with Crippen molar-refractivity contribution in [1.29, 1.82) is 5.26 Å². The Hall–Kier alpha value is -1.04. The lowest BCUT2D eigenvalue weighted by Crippen LogP contribution is -2.51. The molecule has 1 fully saturated rings. The predicted octanol–water partition coefficient (Wildman–Crippen LogP) is 3.40. The minimum Gasteiger partial charge on any atom is -0.338 e. The average Bonchev–Trinajstić information content (AvgIpc) is 2.38. The Bertz CT molecular complexity index is 311. The van der Waals surface area contributed by atoms with Gasteiger partial charge in [-0.05, 0) is 38.0 Å². The normalized spacial score (nSPS) is 29.3. The van der Waals surface area contributed by atoms with E-state index in [2.05, 4.69) is 25.2 Å². The van der Waals surface area contributed by atoms with Crippen LogP contribution in [0.1, 0.15) is 65.7 Å². The fraction of sp³-hybridized carbons (Fsp3) is 0.867. The highest BCUT2D eigenvalue weighted by Crippen LogP contribution is 2.31. The van der Waals surface area contributed by atoms with Gasteiger partial charge >= 0.3 is 0 Å². The molecular weight excluding hydrogens is 224 g/mol. The molecular formula is C15H26N2O. The number of carbonyl (C=O) groups excluding carboxylic acids is 1. The van der Waals surface area contributed by atoms with Crippen LogP contribution in [-0.2, 0) is 4.79 Å². The quantitative estimate of drug-likeness (QED) is 0.813. The van der Waals surface area contributed by atoms with E-state index in [4.69, 9.17) is 0 Å². The van der Waals surface area contributed by atoms with E-state index in [0.717, 1.165) is 44.9 Å². The van der Waals surface area contributed by atoms with Crippen LogP contribution in [0.4, 0.5) is 0 Å². The summed E-state index contributed by atoms with van der Waals surface area (Å²) in [5.41, 5.74) is -0.593. The lowest BCUT2D eigenvalue weighted by molar-refractivity contribution is -0.126. The molecule has 0 aliphatic heterocycles. The van der Waals surface area contributed by atoms with Crippen molar-refractivity contribution in [3.63, 3.8) is 0 Å². The molecule has 1 rings (SSSR count). The zero-order valence-corrected chi connectivity index (χ0v) is 12.0. The SMILES string of the molecule is CCCCC(C)C(=O)NC1(C#N)CCC(C)CC1. The molecule has 18 heavy (non-hydrogen) atoms. The largest absolute Gasteiger partial charge is 0.338 e. The zero-order valence-electron chi connectivity index (χ0n) is 12.0. The molecule has 0 spiro atoms. The second kappa shape index (κ2) is 6.78. The van der Waals surface area contributed by atoms with Gasteiger partial charge in [0.1, 0.15) is 5.54 Å². The summed E-state index contributed by atoms with van der Waals surface area (Å²) in [6.45, 7) is 6.30. The number of rotatable bonds is 5. The second-order valence-corrected chi connectivity index (χ2v) is 5.91. The summed E-state index contributed by atoms with van der Waals surface area (Å²) >= 11 is 0. The van der Waals surface area contributed by atoms with Crippen molar-refractivity contribution in [2.24, 2.45) is 11.8 Å². The number of hydrogen-bond donors (Lipinski definition) is 1. The summed E-state index contributed by atoms with van der Waals surface area (Å²) < 4.78 is 0. The lowest BCUT2D eigenvalue weighted by Gasteiger charge is -2.35. The third-order valence-corrected chi connectivity index (χ3v) is 4.14. The van der Waals surface area contributed by atoms with Gasteiger partial charge in [0.25, 0.3) is 0 Å². The van der Waals surface area contributed by atoms with Crippen molar-refractivity contribution in [1.82, 2.24) is 5.32 Å². The van der Waals surface area contributed by atoms with Gasteiger partial charge < -0.3 is 5.32 Å². The van der Waals surface area contributed by atoms with Crippen molar-refractivity contribution >= 4 is 5.91 Å². The molecule has 1 aliphatic carbocycles. The number of nitriles is 1. The molecule has 0 aromatic heterocycles. The van der Waals surface area contributed by atoms with Gasteiger partial charge in [0.2, 0.25) is 5.91 Å². The van der Waals surface area contributed by atoms with Crippen LogP contribution < -0.4 is 5.32 Å². The number of amides is 1. The topological polar surface area (TPSA) is 52.9 Å². The van der Waals surface area contributed by atoms with E-state index in [1.807, 2.05) is 6.92 Å². The summed E-state index contributed by atoms with van der Waals surface area (Å²) in [6.07, 6.45) is 6.78. The maximum atomic E-state index is 12.1. The molecule has 1 atom stereocenters. The smallest absolute Gasteiger partial charge is 0.224 e. The van der Waals surface area contributed by atoms with Crippen LogP contribution >= 0.6 is 0 Å². The summed E-state index contributed by atoms with van der Waals surface area (Å²) in [5, 5.41) is 12.4. The Labute approximate surface area is 111 Å². The van der Waals surface area contributed by atoms with Crippen molar-refractivity contribution in [2.45, 2.75) is 71.3 Å². The van der Waals surface area contributed by atoms with E-state index in [-0.39, 0.29) is 11.8 Å². The van der Waals surface area contributed by atoms with Crippen LogP contribution in [0, 0.1) is 23.2 Å². The van der Waals surface area contributed by atoms with E-state index in [9.17, 15) is 10.1 Å². The minimum absolute atomic E-state index is 0.0227. The Morgan fingerprint density at radius 1 is 1.50 bits per heavy atom. The number of carbonyl (C=O) groups is 1. The predicted molar refractivity (Wildman–Crippen MR) is 72.8 cm³/mol. The Morgan fingerprint density at radius 3 is 2.61 bits per heavy atom. The fourth-order valence-corrected chi connectivity index (χ4v) is 2.52. The molecule has 0 bridgehead atoms. The van der Waals surface area contributed by atoms with E-state index < -0.39 is 5.54 Å². The van der Waals surface area contributed by atoms with Gasteiger partial charge in [0.15, 0.2) is 0 Å². The Balaban J connectivity index is 2.53. The summed E-state index contributed by atoms with van der Waals surface area (Å²) in [7, 11) is 0. The van der Waals surface area contributed by atoms with E-state index >= 15 is 0 Å². The van der Waals surface area contributed by atoms with Gasteiger partial charge in [-0.25, -0.2) is 0 Å². The molecule has 1 saturated carbocycles. The van der Waals surface area contributed by atoms with Gasteiger partial charge in [-0.15, -0.1) is 0 Å². The van der Waals surface area contributed by atoms with E-state index in [1.165, 1.54) is 0 Å². The Morgan fingerprint density at radius 2 is 2.11 bits per heavy atom. The van der Waals surface area contributed by atoms with Crippen molar-refractivity contribution in [3.05, 3.63) is 0 Å². The van der Waals surface area contributed by atoms with Crippen LogP contribution in [0.5, 0.6) is 0 Å². The number of unbranched alkanes of at least 4 members (excludes halogenated alkanes) is 1.